The molecular weight excluding hydrogens is 434 g/mol. The maximum Gasteiger partial charge on any atom is 0.204 e. The molecule has 0 atom stereocenters. The molecule has 0 saturated carbocycles. The van der Waals surface area contributed by atoms with Crippen molar-refractivity contribution < 1.29 is 4.39 Å². The first-order chi connectivity index (χ1) is 11.4. The van der Waals surface area contributed by atoms with Crippen molar-refractivity contribution in [2.45, 2.75) is 13.1 Å². The third-order valence-electron chi connectivity index (χ3n) is 3.79. The van der Waals surface area contributed by atoms with Crippen LogP contribution >= 0.6 is 24.0 Å². The molecule has 0 radical (unpaired) electrons. The van der Waals surface area contributed by atoms with Crippen molar-refractivity contribution in [3.8, 4) is 0 Å². The number of guanidine groups is 1. The minimum atomic E-state index is -0.225. The van der Waals surface area contributed by atoms with Gasteiger partial charge in [0.2, 0.25) is 5.95 Å². The molecule has 2 aromatic rings. The zero-order chi connectivity index (χ0) is 17.7. The predicted octanol–water partition coefficient (Wildman–Crippen LogP) is 2.45. The van der Waals surface area contributed by atoms with Gasteiger partial charge < -0.3 is 19.7 Å². The largest absolute Gasteiger partial charge is 0.351 e. The molecule has 1 aromatic heterocycles. The summed E-state index contributed by atoms with van der Waals surface area (Å²) in [6.07, 6.45) is 1.86. The fourth-order valence-electron chi connectivity index (χ4n) is 2.51. The summed E-state index contributed by atoms with van der Waals surface area (Å²) in [6, 6.07) is 6.50. The molecule has 1 N–H and O–H groups in total. The smallest absolute Gasteiger partial charge is 0.204 e. The SMILES string of the molecule is CN=C(NCc1cnc(N(C)C)n1C)N(C)Cc1ccc(F)cc1.I. The van der Waals surface area contributed by atoms with Gasteiger partial charge in [0, 0.05) is 41.8 Å². The number of aliphatic imine (C=N–C) groups is 1. The average molecular weight is 460 g/mol. The number of imidazole rings is 1. The summed E-state index contributed by atoms with van der Waals surface area (Å²) in [5, 5.41) is 3.33. The molecule has 1 heterocycles. The highest BCUT2D eigenvalue weighted by Gasteiger charge is 2.11. The van der Waals surface area contributed by atoms with Gasteiger partial charge in [-0.25, -0.2) is 9.37 Å². The Morgan fingerprint density at radius 2 is 1.88 bits per heavy atom. The first kappa shape index (κ1) is 21.2. The summed E-state index contributed by atoms with van der Waals surface area (Å²) in [4.78, 5) is 12.7. The molecule has 0 bridgehead atoms. The lowest BCUT2D eigenvalue weighted by Gasteiger charge is -2.22. The Morgan fingerprint density at radius 3 is 2.40 bits per heavy atom. The molecule has 1 aromatic carbocycles. The van der Waals surface area contributed by atoms with Crippen LogP contribution in [0.25, 0.3) is 0 Å². The van der Waals surface area contributed by atoms with E-state index in [2.05, 4.69) is 15.3 Å². The van der Waals surface area contributed by atoms with E-state index in [4.69, 9.17) is 0 Å². The summed E-state index contributed by atoms with van der Waals surface area (Å²) < 4.78 is 15.0. The molecule has 0 saturated heterocycles. The lowest BCUT2D eigenvalue weighted by molar-refractivity contribution is 0.474. The van der Waals surface area contributed by atoms with Crippen LogP contribution < -0.4 is 10.2 Å². The number of nitrogens with zero attached hydrogens (tertiary/aromatic N) is 5. The Morgan fingerprint density at radius 1 is 1.24 bits per heavy atom. The van der Waals surface area contributed by atoms with Gasteiger partial charge in [-0.1, -0.05) is 12.1 Å². The van der Waals surface area contributed by atoms with E-state index in [1.807, 2.05) is 48.8 Å². The van der Waals surface area contributed by atoms with Crippen molar-refractivity contribution in [1.29, 1.82) is 0 Å². The van der Waals surface area contributed by atoms with Crippen LogP contribution in [0.15, 0.2) is 35.5 Å². The van der Waals surface area contributed by atoms with E-state index in [1.54, 1.807) is 19.2 Å². The zero-order valence-electron chi connectivity index (χ0n) is 15.3. The van der Waals surface area contributed by atoms with E-state index >= 15 is 0 Å². The number of rotatable bonds is 5. The molecule has 0 spiro atoms. The fraction of sp³-hybridized carbons (Fsp3) is 0.412. The van der Waals surface area contributed by atoms with Gasteiger partial charge in [-0.15, -0.1) is 24.0 Å². The van der Waals surface area contributed by atoms with Gasteiger partial charge in [0.1, 0.15) is 5.82 Å². The molecule has 0 aliphatic heterocycles. The molecule has 138 valence electrons. The maximum atomic E-state index is 13.0. The highest BCUT2D eigenvalue weighted by atomic mass is 127. The van der Waals surface area contributed by atoms with Crippen LogP contribution in [0.1, 0.15) is 11.3 Å². The van der Waals surface area contributed by atoms with Gasteiger partial charge in [-0.3, -0.25) is 4.99 Å². The van der Waals surface area contributed by atoms with Crippen molar-refractivity contribution >= 4 is 35.9 Å². The van der Waals surface area contributed by atoms with E-state index in [0.717, 1.165) is 23.2 Å². The van der Waals surface area contributed by atoms with Gasteiger partial charge in [-0.2, -0.15) is 0 Å². The normalized spacial score (nSPS) is 11.0. The van der Waals surface area contributed by atoms with Crippen LogP contribution in [0.4, 0.5) is 10.3 Å². The van der Waals surface area contributed by atoms with Crippen molar-refractivity contribution in [2.24, 2.45) is 12.0 Å². The van der Waals surface area contributed by atoms with Gasteiger partial charge in [0.25, 0.3) is 0 Å². The van der Waals surface area contributed by atoms with Gasteiger partial charge in [0.05, 0.1) is 18.4 Å². The number of benzene rings is 1. The molecule has 0 unspecified atom stereocenters. The number of hydrogen-bond donors (Lipinski definition) is 1. The van der Waals surface area contributed by atoms with Crippen LogP contribution in [-0.4, -0.2) is 48.6 Å². The number of halogens is 2. The molecule has 25 heavy (non-hydrogen) atoms. The van der Waals surface area contributed by atoms with Crippen molar-refractivity contribution in [3.05, 3.63) is 47.5 Å². The minimum absolute atomic E-state index is 0. The lowest BCUT2D eigenvalue weighted by atomic mass is 10.2. The number of hydrogen-bond acceptors (Lipinski definition) is 3. The fourth-order valence-corrected chi connectivity index (χ4v) is 2.51. The van der Waals surface area contributed by atoms with E-state index in [0.29, 0.717) is 13.1 Å². The van der Waals surface area contributed by atoms with Crippen LogP contribution in [0.2, 0.25) is 0 Å². The summed E-state index contributed by atoms with van der Waals surface area (Å²) in [5.74, 6) is 1.45. The topological polar surface area (TPSA) is 48.7 Å². The van der Waals surface area contributed by atoms with Crippen LogP contribution in [0.5, 0.6) is 0 Å². The molecule has 6 nitrogen and oxygen atoms in total. The first-order valence-electron chi connectivity index (χ1n) is 7.76. The molecule has 0 aliphatic rings. The monoisotopic (exact) mass is 460 g/mol. The van der Waals surface area contributed by atoms with E-state index < -0.39 is 0 Å². The molecule has 8 heteroatoms. The quantitative estimate of drug-likeness (QED) is 0.423. The Hall–Kier alpha value is -1.84. The summed E-state index contributed by atoms with van der Waals surface area (Å²) in [6.45, 7) is 1.27. The highest BCUT2D eigenvalue weighted by molar-refractivity contribution is 14.0. The molecular formula is C17H26FIN6. The van der Waals surface area contributed by atoms with E-state index in [1.165, 1.54) is 12.1 Å². The minimum Gasteiger partial charge on any atom is -0.351 e. The van der Waals surface area contributed by atoms with Gasteiger partial charge >= 0.3 is 0 Å². The summed E-state index contributed by atoms with van der Waals surface area (Å²) in [5.41, 5.74) is 2.09. The second-order valence-electron chi connectivity index (χ2n) is 5.89. The van der Waals surface area contributed by atoms with Crippen molar-refractivity contribution in [1.82, 2.24) is 19.8 Å². The van der Waals surface area contributed by atoms with E-state index in [-0.39, 0.29) is 29.8 Å². The van der Waals surface area contributed by atoms with Crippen LogP contribution in [-0.2, 0) is 20.1 Å². The van der Waals surface area contributed by atoms with Crippen LogP contribution in [0.3, 0.4) is 0 Å². The van der Waals surface area contributed by atoms with E-state index in [9.17, 15) is 4.39 Å². The zero-order valence-corrected chi connectivity index (χ0v) is 17.7. The molecule has 2 rings (SSSR count). The third-order valence-corrected chi connectivity index (χ3v) is 3.79. The lowest BCUT2D eigenvalue weighted by Crippen LogP contribution is -2.38. The Bertz CT molecular complexity index is 696. The molecule has 0 fully saturated rings. The Balaban J connectivity index is 0.00000312. The number of aromatic nitrogens is 2. The second kappa shape index (κ2) is 9.59. The first-order valence-corrected chi connectivity index (χ1v) is 7.76. The van der Waals surface area contributed by atoms with Crippen molar-refractivity contribution in [3.63, 3.8) is 0 Å². The molecule has 0 aliphatic carbocycles. The Kier molecular flexibility index (Phi) is 8.14. The molecule has 0 amide bonds. The second-order valence-corrected chi connectivity index (χ2v) is 5.89. The standard InChI is InChI=1S/C17H25FN6.HI/c1-19-16(23(4)12-13-6-8-14(18)9-7-13)20-10-15-11-21-17(22(2)3)24(15)5;/h6-9,11H,10,12H2,1-5H3,(H,19,20);1H. The maximum absolute atomic E-state index is 13.0. The predicted molar refractivity (Wildman–Crippen MR) is 111 cm³/mol. The average Bonchev–Trinajstić information content (AvgIpc) is 2.91. The van der Waals surface area contributed by atoms with Gasteiger partial charge in [-0.05, 0) is 17.7 Å². The highest BCUT2D eigenvalue weighted by Crippen LogP contribution is 2.11. The van der Waals surface area contributed by atoms with Gasteiger partial charge in [0.15, 0.2) is 5.96 Å². The number of anilines is 1. The third kappa shape index (κ3) is 5.58. The van der Waals surface area contributed by atoms with Crippen LogP contribution in [0, 0.1) is 5.82 Å². The number of nitrogens with one attached hydrogen (secondary N) is 1. The summed E-state index contributed by atoms with van der Waals surface area (Å²) >= 11 is 0. The Labute approximate surface area is 165 Å². The van der Waals surface area contributed by atoms with Crippen molar-refractivity contribution in [2.75, 3.05) is 33.1 Å². The summed E-state index contributed by atoms with van der Waals surface area (Å²) in [7, 11) is 9.62.